The Morgan fingerprint density at radius 2 is 0.768 bits per heavy atom. The Balaban J connectivity index is 1.08. The molecule has 1 heterocycles. The maximum absolute atomic E-state index is 6.84. The molecule has 1 nitrogen and oxygen atoms in total. The lowest BCUT2D eigenvalue weighted by atomic mass is 9.70. The van der Waals surface area contributed by atoms with Crippen molar-refractivity contribution >= 4 is 54.3 Å². The second kappa shape index (κ2) is 10.9. The summed E-state index contributed by atoms with van der Waals surface area (Å²) in [5.74, 6) is 0. The molecule has 0 amide bonds. The highest BCUT2D eigenvalue weighted by Gasteiger charge is 2.51. The van der Waals surface area contributed by atoms with Gasteiger partial charge in [-0.25, -0.2) is 0 Å². The van der Waals surface area contributed by atoms with Gasteiger partial charge in [-0.1, -0.05) is 170 Å². The molecular formula is C55H32O. The number of rotatable bonds is 2. The van der Waals surface area contributed by atoms with Crippen molar-refractivity contribution in [3.8, 4) is 44.5 Å². The number of hydrogen-bond donors (Lipinski definition) is 0. The van der Waals surface area contributed by atoms with Gasteiger partial charge in [-0.15, -0.1) is 0 Å². The molecular weight excluding hydrogens is 677 g/mol. The lowest BCUT2D eigenvalue weighted by molar-refractivity contribution is 0.666. The summed E-state index contributed by atoms with van der Waals surface area (Å²) in [6, 6.07) is 71.8. The molecule has 10 aromatic carbocycles. The number of hydrogen-bond acceptors (Lipinski definition) is 1. The summed E-state index contributed by atoms with van der Waals surface area (Å²) < 4.78 is 6.84. The predicted molar refractivity (Wildman–Crippen MR) is 233 cm³/mol. The molecule has 1 spiro atoms. The summed E-state index contributed by atoms with van der Waals surface area (Å²) in [6.45, 7) is 0. The molecule has 0 atom stereocenters. The Morgan fingerprint density at radius 1 is 0.286 bits per heavy atom. The average molecular weight is 709 g/mol. The molecule has 2 aliphatic carbocycles. The molecule has 1 aromatic heterocycles. The van der Waals surface area contributed by atoms with Gasteiger partial charge in [0.2, 0.25) is 0 Å². The smallest absolute Gasteiger partial charge is 0.135 e. The summed E-state index contributed by atoms with van der Waals surface area (Å²) in [7, 11) is 0. The number of furan rings is 1. The highest BCUT2D eigenvalue weighted by molar-refractivity contribution is 6.24. The van der Waals surface area contributed by atoms with E-state index in [4.69, 9.17) is 4.42 Å². The lowest BCUT2D eigenvalue weighted by Crippen LogP contribution is -2.25. The van der Waals surface area contributed by atoms with Gasteiger partial charge in [0.05, 0.1) is 5.41 Å². The maximum Gasteiger partial charge on any atom is 0.135 e. The first kappa shape index (κ1) is 30.1. The van der Waals surface area contributed by atoms with Crippen LogP contribution >= 0.6 is 0 Å². The third-order valence-electron chi connectivity index (χ3n) is 12.9. The number of benzene rings is 10. The second-order valence-electron chi connectivity index (χ2n) is 15.5. The molecule has 0 N–H and O–H groups in total. The average Bonchev–Trinajstić information content (AvgIpc) is 3.88. The van der Waals surface area contributed by atoms with E-state index >= 15 is 0 Å². The van der Waals surface area contributed by atoms with Gasteiger partial charge < -0.3 is 4.42 Å². The third kappa shape index (κ3) is 3.75. The van der Waals surface area contributed by atoms with E-state index in [2.05, 4.69) is 194 Å². The minimum atomic E-state index is -0.402. The van der Waals surface area contributed by atoms with Crippen LogP contribution in [-0.4, -0.2) is 0 Å². The monoisotopic (exact) mass is 708 g/mol. The van der Waals surface area contributed by atoms with E-state index in [-0.39, 0.29) is 0 Å². The van der Waals surface area contributed by atoms with Gasteiger partial charge >= 0.3 is 0 Å². The zero-order valence-corrected chi connectivity index (χ0v) is 30.4. The normalized spacial score (nSPS) is 13.5. The van der Waals surface area contributed by atoms with E-state index in [1.807, 2.05) is 0 Å². The molecule has 0 bridgehead atoms. The van der Waals surface area contributed by atoms with Gasteiger partial charge in [0.25, 0.3) is 0 Å². The first-order valence-corrected chi connectivity index (χ1v) is 19.5. The van der Waals surface area contributed by atoms with E-state index in [1.165, 1.54) is 99.1 Å². The molecule has 13 rings (SSSR count). The summed E-state index contributed by atoms with van der Waals surface area (Å²) in [6.07, 6.45) is 0. The van der Waals surface area contributed by atoms with E-state index < -0.39 is 5.41 Å². The molecule has 0 unspecified atom stereocenters. The van der Waals surface area contributed by atoms with Crippen LogP contribution in [0.5, 0.6) is 0 Å². The molecule has 0 radical (unpaired) electrons. The molecule has 56 heavy (non-hydrogen) atoms. The van der Waals surface area contributed by atoms with E-state index in [0.717, 1.165) is 21.9 Å². The quantitative estimate of drug-likeness (QED) is 0.163. The van der Waals surface area contributed by atoms with Crippen LogP contribution in [0.2, 0.25) is 0 Å². The van der Waals surface area contributed by atoms with E-state index in [9.17, 15) is 0 Å². The Labute approximate surface area is 323 Å². The molecule has 11 aromatic rings. The van der Waals surface area contributed by atoms with Crippen molar-refractivity contribution in [1.82, 2.24) is 0 Å². The van der Waals surface area contributed by atoms with Gasteiger partial charge in [0, 0.05) is 10.8 Å². The Hall–Kier alpha value is -7.22. The van der Waals surface area contributed by atoms with Gasteiger partial charge in [0.1, 0.15) is 11.2 Å². The molecule has 0 saturated carbocycles. The first-order chi connectivity index (χ1) is 27.8. The minimum Gasteiger partial charge on any atom is -0.456 e. The lowest BCUT2D eigenvalue weighted by Gasteiger charge is -2.30. The van der Waals surface area contributed by atoms with Crippen molar-refractivity contribution in [2.75, 3.05) is 0 Å². The standard InChI is InChI=1S/C55H32O/c1-2-16-35-33(14-1)15-13-24-39(35)54-42-22-5-3-20-40(42)53(41-21-4-6-23-43(41)54)34-28-29-51-45(30-34)46-31-44-38-19-9-12-27-49(38)55(50(44)32-52(46)56-51)47-25-10-7-17-36(47)37-18-8-11-26-48(37)55/h1-32H. The van der Waals surface area contributed by atoms with Crippen LogP contribution in [0.4, 0.5) is 0 Å². The summed E-state index contributed by atoms with van der Waals surface area (Å²) in [4.78, 5) is 0. The molecule has 0 fully saturated rings. The van der Waals surface area contributed by atoms with E-state index in [1.54, 1.807) is 0 Å². The summed E-state index contributed by atoms with van der Waals surface area (Å²) >= 11 is 0. The Kier molecular flexibility index (Phi) is 5.89. The zero-order chi connectivity index (χ0) is 36.5. The summed E-state index contributed by atoms with van der Waals surface area (Å²) in [5, 5.41) is 9.81. The van der Waals surface area contributed by atoms with Crippen molar-refractivity contribution < 1.29 is 4.42 Å². The fraction of sp³-hybridized carbons (Fsp3) is 0.0182. The fourth-order valence-electron chi connectivity index (χ4n) is 10.7. The van der Waals surface area contributed by atoms with Gasteiger partial charge in [0.15, 0.2) is 0 Å². The fourth-order valence-corrected chi connectivity index (χ4v) is 10.7. The van der Waals surface area contributed by atoms with Crippen molar-refractivity contribution in [2.45, 2.75) is 5.41 Å². The van der Waals surface area contributed by atoms with Crippen LogP contribution in [0, 0.1) is 0 Å². The van der Waals surface area contributed by atoms with Crippen LogP contribution in [0.3, 0.4) is 0 Å². The Bertz CT molecular complexity index is 3380. The van der Waals surface area contributed by atoms with Crippen molar-refractivity contribution in [3.63, 3.8) is 0 Å². The van der Waals surface area contributed by atoms with Gasteiger partial charge in [-0.05, 0) is 123 Å². The van der Waals surface area contributed by atoms with Gasteiger partial charge in [-0.2, -0.15) is 0 Å². The first-order valence-electron chi connectivity index (χ1n) is 19.5. The third-order valence-corrected chi connectivity index (χ3v) is 12.9. The maximum atomic E-state index is 6.84. The van der Waals surface area contributed by atoms with Crippen LogP contribution in [0.1, 0.15) is 22.3 Å². The van der Waals surface area contributed by atoms with Gasteiger partial charge in [-0.3, -0.25) is 0 Å². The molecule has 2 aliphatic rings. The Morgan fingerprint density at radius 3 is 1.41 bits per heavy atom. The van der Waals surface area contributed by atoms with Crippen LogP contribution in [0.15, 0.2) is 199 Å². The topological polar surface area (TPSA) is 13.1 Å². The minimum absolute atomic E-state index is 0.402. The highest BCUT2D eigenvalue weighted by Crippen LogP contribution is 2.63. The SMILES string of the molecule is c1ccc2c(c1)-c1ccccc1C21c2ccccc2-c2cc3c(cc21)oc1ccc(-c2c4ccccc4c(-c4cccc5ccccc45)c4ccccc24)cc13. The summed E-state index contributed by atoms with van der Waals surface area (Å²) in [5.41, 5.74) is 16.9. The van der Waals surface area contributed by atoms with Crippen molar-refractivity contribution in [2.24, 2.45) is 0 Å². The van der Waals surface area contributed by atoms with Crippen molar-refractivity contribution in [3.05, 3.63) is 216 Å². The zero-order valence-electron chi connectivity index (χ0n) is 30.4. The number of fused-ring (bicyclic) bond motifs is 16. The second-order valence-corrected chi connectivity index (χ2v) is 15.5. The molecule has 0 aliphatic heterocycles. The highest BCUT2D eigenvalue weighted by atomic mass is 16.3. The van der Waals surface area contributed by atoms with E-state index in [0.29, 0.717) is 0 Å². The molecule has 258 valence electrons. The van der Waals surface area contributed by atoms with Crippen LogP contribution < -0.4 is 0 Å². The van der Waals surface area contributed by atoms with Crippen LogP contribution in [-0.2, 0) is 5.41 Å². The molecule has 0 saturated heterocycles. The molecule has 1 heteroatoms. The van der Waals surface area contributed by atoms with Crippen molar-refractivity contribution in [1.29, 1.82) is 0 Å². The largest absolute Gasteiger partial charge is 0.456 e. The van der Waals surface area contributed by atoms with Crippen LogP contribution in [0.25, 0.3) is 98.8 Å². The predicted octanol–water partition coefficient (Wildman–Crippen LogP) is 14.7.